The molecule has 6 heteroatoms. The van der Waals surface area contributed by atoms with Crippen molar-refractivity contribution in [2.75, 3.05) is 13.1 Å². The number of benzene rings is 1. The van der Waals surface area contributed by atoms with E-state index in [2.05, 4.69) is 11.8 Å². The Labute approximate surface area is 129 Å². The van der Waals surface area contributed by atoms with Crippen molar-refractivity contribution in [2.45, 2.75) is 25.9 Å². The molecule has 1 saturated heterocycles. The number of halogens is 4. The molecule has 0 saturated carbocycles. The Balaban J connectivity index is 0.00000180. The van der Waals surface area contributed by atoms with Crippen molar-refractivity contribution in [3.63, 3.8) is 0 Å². The highest BCUT2D eigenvalue weighted by molar-refractivity contribution is 6.42. The van der Waals surface area contributed by atoms with Gasteiger partial charge < -0.3 is 5.73 Å². The van der Waals surface area contributed by atoms with Crippen LogP contribution in [0.2, 0.25) is 10.0 Å². The predicted molar refractivity (Wildman–Crippen MR) is 80.7 cm³/mol. The van der Waals surface area contributed by atoms with E-state index in [0.29, 0.717) is 30.1 Å². The number of likely N-dealkylation sites (tertiary alicyclic amines) is 1. The molecule has 0 radical (unpaired) electrons. The second kappa shape index (κ2) is 7.09. The molecular weight excluding hydrogens is 310 g/mol. The first kappa shape index (κ1) is 17.0. The van der Waals surface area contributed by atoms with Crippen LogP contribution in [0, 0.1) is 11.7 Å². The smallest absolute Gasteiger partial charge is 0.143 e. The van der Waals surface area contributed by atoms with Crippen molar-refractivity contribution >= 4 is 35.6 Å². The Hall–Kier alpha value is -0.0600. The molecule has 0 bridgehead atoms. The standard InChI is InChI=1S/C13H17Cl2FN2.ClH/c1-8-4-9(5-17)6-18(8)7-10-2-3-11(16)13(15)12(10)14;/h2-3,8-9H,4-7,17H2,1H3;1H. The van der Waals surface area contributed by atoms with Gasteiger partial charge in [0.2, 0.25) is 0 Å². The number of nitrogens with zero attached hydrogens (tertiary/aromatic N) is 1. The van der Waals surface area contributed by atoms with E-state index in [1.807, 2.05) is 0 Å². The molecule has 2 atom stereocenters. The second-order valence-electron chi connectivity index (χ2n) is 4.95. The van der Waals surface area contributed by atoms with E-state index in [1.54, 1.807) is 6.07 Å². The van der Waals surface area contributed by atoms with Crippen LogP contribution < -0.4 is 5.73 Å². The fourth-order valence-corrected chi connectivity index (χ4v) is 2.91. The zero-order chi connectivity index (χ0) is 13.3. The Morgan fingerprint density at radius 1 is 1.37 bits per heavy atom. The zero-order valence-electron chi connectivity index (χ0n) is 10.7. The van der Waals surface area contributed by atoms with Gasteiger partial charge in [0, 0.05) is 19.1 Å². The molecule has 0 aromatic heterocycles. The minimum absolute atomic E-state index is 0. The van der Waals surface area contributed by atoms with Gasteiger partial charge in [0.15, 0.2) is 0 Å². The summed E-state index contributed by atoms with van der Waals surface area (Å²) in [5.41, 5.74) is 6.57. The Bertz CT molecular complexity index is 442. The van der Waals surface area contributed by atoms with E-state index in [0.717, 1.165) is 18.5 Å². The molecule has 2 rings (SSSR count). The summed E-state index contributed by atoms with van der Waals surface area (Å²) in [6.07, 6.45) is 1.10. The quantitative estimate of drug-likeness (QED) is 0.857. The van der Waals surface area contributed by atoms with Crippen molar-refractivity contribution in [3.8, 4) is 0 Å². The van der Waals surface area contributed by atoms with Gasteiger partial charge in [-0.1, -0.05) is 29.3 Å². The van der Waals surface area contributed by atoms with Gasteiger partial charge >= 0.3 is 0 Å². The molecule has 1 aliphatic heterocycles. The monoisotopic (exact) mass is 326 g/mol. The van der Waals surface area contributed by atoms with Crippen molar-refractivity contribution < 1.29 is 4.39 Å². The fraction of sp³-hybridized carbons (Fsp3) is 0.538. The molecule has 2 N–H and O–H groups in total. The maximum Gasteiger partial charge on any atom is 0.143 e. The highest BCUT2D eigenvalue weighted by Crippen LogP contribution is 2.31. The molecule has 108 valence electrons. The summed E-state index contributed by atoms with van der Waals surface area (Å²) >= 11 is 11.9. The topological polar surface area (TPSA) is 29.3 Å². The minimum Gasteiger partial charge on any atom is -0.330 e. The molecule has 2 nitrogen and oxygen atoms in total. The van der Waals surface area contributed by atoms with Gasteiger partial charge in [0.25, 0.3) is 0 Å². The molecule has 1 aromatic carbocycles. The number of hydrogen-bond donors (Lipinski definition) is 1. The summed E-state index contributed by atoms with van der Waals surface area (Å²) in [6, 6.07) is 3.54. The van der Waals surface area contributed by atoms with Gasteiger partial charge in [-0.15, -0.1) is 12.4 Å². The van der Waals surface area contributed by atoms with Crippen LogP contribution in [0.15, 0.2) is 12.1 Å². The van der Waals surface area contributed by atoms with Gasteiger partial charge in [0.05, 0.1) is 10.0 Å². The number of nitrogens with two attached hydrogens (primary N) is 1. The molecule has 19 heavy (non-hydrogen) atoms. The van der Waals surface area contributed by atoms with Gasteiger partial charge in [-0.25, -0.2) is 4.39 Å². The van der Waals surface area contributed by atoms with Crippen LogP contribution in [0.25, 0.3) is 0 Å². The fourth-order valence-electron chi connectivity index (χ4n) is 2.52. The zero-order valence-corrected chi connectivity index (χ0v) is 13.0. The third-order valence-electron chi connectivity index (χ3n) is 3.61. The van der Waals surface area contributed by atoms with Gasteiger partial charge in [0.1, 0.15) is 5.82 Å². The van der Waals surface area contributed by atoms with Gasteiger partial charge in [-0.2, -0.15) is 0 Å². The molecule has 1 fully saturated rings. The van der Waals surface area contributed by atoms with Crippen molar-refractivity contribution in [2.24, 2.45) is 11.7 Å². The first-order chi connectivity index (χ1) is 8.52. The number of hydrogen-bond acceptors (Lipinski definition) is 2. The highest BCUT2D eigenvalue weighted by atomic mass is 35.5. The third kappa shape index (κ3) is 3.73. The third-order valence-corrected chi connectivity index (χ3v) is 4.51. The Morgan fingerprint density at radius 3 is 2.63 bits per heavy atom. The lowest BCUT2D eigenvalue weighted by molar-refractivity contribution is 0.256. The van der Waals surface area contributed by atoms with Crippen LogP contribution >= 0.6 is 35.6 Å². The average molecular weight is 328 g/mol. The van der Waals surface area contributed by atoms with Crippen LogP contribution in [0.1, 0.15) is 18.9 Å². The lowest BCUT2D eigenvalue weighted by Gasteiger charge is -2.22. The molecule has 1 aromatic rings. The SMILES string of the molecule is CC1CC(CN)CN1Cc1ccc(F)c(Cl)c1Cl.Cl. The molecule has 0 amide bonds. The largest absolute Gasteiger partial charge is 0.330 e. The van der Waals surface area contributed by atoms with E-state index >= 15 is 0 Å². The summed E-state index contributed by atoms with van der Waals surface area (Å²) in [7, 11) is 0. The van der Waals surface area contributed by atoms with Crippen LogP contribution in [0.3, 0.4) is 0 Å². The van der Waals surface area contributed by atoms with Gasteiger partial charge in [-0.3, -0.25) is 4.90 Å². The molecule has 0 aliphatic carbocycles. The minimum atomic E-state index is -0.472. The lowest BCUT2D eigenvalue weighted by atomic mass is 10.1. The molecular formula is C13H18Cl3FN2. The number of rotatable bonds is 3. The van der Waals surface area contributed by atoms with Crippen LogP contribution in [0.5, 0.6) is 0 Å². The second-order valence-corrected chi connectivity index (χ2v) is 5.71. The Kier molecular flexibility index (Phi) is 6.34. The van der Waals surface area contributed by atoms with E-state index in [-0.39, 0.29) is 17.4 Å². The van der Waals surface area contributed by atoms with E-state index in [4.69, 9.17) is 28.9 Å². The molecule has 0 spiro atoms. The van der Waals surface area contributed by atoms with E-state index in [9.17, 15) is 4.39 Å². The van der Waals surface area contributed by atoms with Crippen molar-refractivity contribution in [3.05, 3.63) is 33.6 Å². The first-order valence-corrected chi connectivity index (χ1v) is 6.85. The summed E-state index contributed by atoms with van der Waals surface area (Å²) in [5, 5.41) is 0.330. The maximum absolute atomic E-state index is 13.2. The van der Waals surface area contributed by atoms with Crippen molar-refractivity contribution in [1.29, 1.82) is 0 Å². The maximum atomic E-state index is 13.2. The van der Waals surface area contributed by atoms with Crippen molar-refractivity contribution in [1.82, 2.24) is 4.90 Å². The van der Waals surface area contributed by atoms with E-state index < -0.39 is 5.82 Å². The van der Waals surface area contributed by atoms with E-state index in [1.165, 1.54) is 6.07 Å². The van der Waals surface area contributed by atoms with Gasteiger partial charge in [-0.05, 0) is 37.4 Å². The molecule has 2 unspecified atom stereocenters. The highest BCUT2D eigenvalue weighted by Gasteiger charge is 2.28. The average Bonchev–Trinajstić information content (AvgIpc) is 2.71. The summed E-state index contributed by atoms with van der Waals surface area (Å²) in [4.78, 5) is 2.31. The summed E-state index contributed by atoms with van der Waals surface area (Å²) in [6.45, 7) is 4.53. The molecule has 1 heterocycles. The molecule has 1 aliphatic rings. The predicted octanol–water partition coefficient (Wildman–Crippen LogP) is 3.72. The summed E-state index contributed by atoms with van der Waals surface area (Å²) < 4.78 is 13.2. The first-order valence-electron chi connectivity index (χ1n) is 6.09. The Morgan fingerprint density at radius 2 is 2.05 bits per heavy atom. The lowest BCUT2D eigenvalue weighted by Crippen LogP contribution is -2.27. The van der Waals surface area contributed by atoms with Crippen LogP contribution in [-0.2, 0) is 6.54 Å². The normalized spacial score (nSPS) is 23.4. The van der Waals surface area contributed by atoms with Crippen LogP contribution in [-0.4, -0.2) is 24.0 Å². The van der Waals surface area contributed by atoms with Crippen LogP contribution in [0.4, 0.5) is 4.39 Å². The summed E-state index contributed by atoms with van der Waals surface area (Å²) in [5.74, 6) is 0.0643.